The Morgan fingerprint density at radius 1 is 0.400 bits per heavy atom. The van der Waals surface area contributed by atoms with Crippen LogP contribution in [0.3, 0.4) is 0 Å². The van der Waals surface area contributed by atoms with Crippen molar-refractivity contribution in [3.8, 4) is 0 Å². The fourth-order valence-corrected chi connectivity index (χ4v) is 9.61. The van der Waals surface area contributed by atoms with E-state index in [2.05, 4.69) is 123 Å². The van der Waals surface area contributed by atoms with Gasteiger partial charge >= 0.3 is 0 Å². The van der Waals surface area contributed by atoms with Crippen molar-refractivity contribution in [1.82, 2.24) is 9.80 Å². The maximum absolute atomic E-state index is 13.0. The van der Waals surface area contributed by atoms with Gasteiger partial charge in [-0.05, 0) is 73.4 Å². The SMILES string of the molecule is CC.CC.CC.C[C@@H]1CC(c2ccccc2)(c2ccccc2)C(=O)N1C.C[C@H]1CC(c2ccccc2)(c2ccccc2)C(=O)N1C.C[C@H]1CC(c2ccccc2)(c2ccccc2)C(N)=N1. The average molecular weight is 871 g/mol. The van der Waals surface area contributed by atoms with Crippen molar-refractivity contribution < 1.29 is 9.59 Å². The van der Waals surface area contributed by atoms with Gasteiger partial charge < -0.3 is 15.5 Å². The maximum atomic E-state index is 13.0. The van der Waals surface area contributed by atoms with Crippen LogP contribution < -0.4 is 5.73 Å². The van der Waals surface area contributed by atoms with Gasteiger partial charge in [-0.1, -0.05) is 224 Å². The summed E-state index contributed by atoms with van der Waals surface area (Å²) >= 11 is 0. The van der Waals surface area contributed by atoms with Crippen molar-refractivity contribution in [2.45, 2.75) is 116 Å². The van der Waals surface area contributed by atoms with Crippen LogP contribution >= 0.6 is 0 Å². The highest BCUT2D eigenvalue weighted by molar-refractivity contribution is 5.97. The lowest BCUT2D eigenvalue weighted by Gasteiger charge is -2.30. The van der Waals surface area contributed by atoms with Crippen LogP contribution in [0.15, 0.2) is 187 Å². The first-order chi connectivity index (χ1) is 31.6. The molecule has 0 bridgehead atoms. The molecule has 65 heavy (non-hydrogen) atoms. The van der Waals surface area contributed by atoms with Crippen molar-refractivity contribution in [1.29, 1.82) is 0 Å². The Balaban J connectivity index is 0.000000202. The molecule has 0 radical (unpaired) electrons. The smallest absolute Gasteiger partial charge is 0.237 e. The fourth-order valence-electron chi connectivity index (χ4n) is 9.61. The van der Waals surface area contributed by atoms with Gasteiger partial charge in [-0.15, -0.1) is 0 Å². The zero-order chi connectivity index (χ0) is 47.6. The molecule has 6 aromatic carbocycles. The molecule has 2 fully saturated rings. The molecule has 3 aliphatic heterocycles. The molecule has 0 unspecified atom stereocenters. The number of aliphatic imine (C=N–C) groups is 1. The largest absolute Gasteiger partial charge is 0.386 e. The highest BCUT2D eigenvalue weighted by Crippen LogP contribution is 2.46. The molecule has 0 spiro atoms. The summed E-state index contributed by atoms with van der Waals surface area (Å²) in [6, 6.07) is 62.3. The van der Waals surface area contributed by atoms with Gasteiger partial charge in [-0.2, -0.15) is 0 Å². The minimum Gasteiger partial charge on any atom is -0.386 e. The van der Waals surface area contributed by atoms with Gasteiger partial charge in [0.25, 0.3) is 0 Å². The van der Waals surface area contributed by atoms with Gasteiger partial charge in [0, 0.05) is 26.2 Å². The topological polar surface area (TPSA) is 79.0 Å². The van der Waals surface area contributed by atoms with Gasteiger partial charge in [-0.3, -0.25) is 14.6 Å². The fraction of sp³-hybridized carbons (Fsp3) is 0.339. The molecule has 9 rings (SSSR count). The van der Waals surface area contributed by atoms with E-state index in [1.54, 1.807) is 0 Å². The highest BCUT2D eigenvalue weighted by Gasteiger charge is 2.52. The van der Waals surface area contributed by atoms with Crippen molar-refractivity contribution in [2.24, 2.45) is 10.7 Å². The first-order valence-electron chi connectivity index (χ1n) is 23.8. The molecular formula is C59H74N4O2. The third-order valence-electron chi connectivity index (χ3n) is 12.9. The standard InChI is InChI=1S/2C18H19NO.C17H18N2.3C2H6/c2*1-14-13-18(17(20)19(14)2,15-9-5-3-6-10-15)16-11-7-4-8-12-16;1-13-12-17(16(18)19-13,14-8-4-2-5-9-14)15-10-6-3-7-11-15;3*1-2/h2*3-12,14H,13H2,1-2H3;2-11,13H,12H2,1H3,(H2,18,19);3*1-2H3/t2*14-;13-;;;/m100.../s1. The second kappa shape index (κ2) is 24.1. The quantitative estimate of drug-likeness (QED) is 0.181. The molecule has 3 heterocycles. The second-order valence-corrected chi connectivity index (χ2v) is 16.4. The lowest BCUT2D eigenvalue weighted by Crippen LogP contribution is -2.39. The summed E-state index contributed by atoms with van der Waals surface area (Å²) in [7, 11) is 3.81. The number of hydrogen-bond donors (Lipinski definition) is 1. The second-order valence-electron chi connectivity index (χ2n) is 16.4. The number of amidine groups is 1. The minimum atomic E-state index is -0.531. The van der Waals surface area contributed by atoms with Crippen molar-refractivity contribution >= 4 is 17.6 Å². The van der Waals surface area contributed by atoms with Crippen LogP contribution in [0, 0.1) is 0 Å². The number of likely N-dealkylation sites (tertiary alicyclic amines) is 2. The molecule has 6 aromatic rings. The van der Waals surface area contributed by atoms with Gasteiger partial charge in [0.05, 0.1) is 11.5 Å². The van der Waals surface area contributed by atoms with Crippen LogP contribution in [0.2, 0.25) is 0 Å². The van der Waals surface area contributed by atoms with E-state index in [0.29, 0.717) is 0 Å². The lowest BCUT2D eigenvalue weighted by molar-refractivity contribution is -0.131. The van der Waals surface area contributed by atoms with E-state index in [1.165, 1.54) is 11.1 Å². The predicted molar refractivity (Wildman–Crippen MR) is 274 cm³/mol. The molecule has 2 saturated heterocycles. The molecule has 0 aromatic heterocycles. The van der Waals surface area contributed by atoms with Crippen molar-refractivity contribution in [3.05, 3.63) is 215 Å². The van der Waals surface area contributed by atoms with Crippen molar-refractivity contribution in [3.63, 3.8) is 0 Å². The first-order valence-corrected chi connectivity index (χ1v) is 23.8. The molecule has 6 nitrogen and oxygen atoms in total. The lowest BCUT2D eigenvalue weighted by atomic mass is 9.71. The number of carbonyl (C=O) groups excluding carboxylic acids is 2. The number of nitrogens with zero attached hydrogens (tertiary/aromatic N) is 3. The summed E-state index contributed by atoms with van der Waals surface area (Å²) in [6.07, 6.45) is 2.60. The van der Waals surface area contributed by atoms with E-state index in [4.69, 9.17) is 5.73 Å². The van der Waals surface area contributed by atoms with Gasteiger partial charge in [0.1, 0.15) is 16.7 Å². The normalized spacial score (nSPS) is 19.5. The predicted octanol–water partition coefficient (Wildman–Crippen LogP) is 12.6. The van der Waals surface area contributed by atoms with Gasteiger partial charge in [0.2, 0.25) is 11.8 Å². The van der Waals surface area contributed by atoms with E-state index in [-0.39, 0.29) is 35.4 Å². The maximum Gasteiger partial charge on any atom is 0.237 e. The van der Waals surface area contributed by atoms with E-state index in [9.17, 15) is 9.59 Å². The monoisotopic (exact) mass is 871 g/mol. The van der Waals surface area contributed by atoms with Crippen LogP contribution in [-0.4, -0.2) is 59.7 Å². The highest BCUT2D eigenvalue weighted by atomic mass is 16.2. The zero-order valence-electron chi connectivity index (χ0n) is 40.9. The molecular weight excluding hydrogens is 797 g/mol. The van der Waals surface area contributed by atoms with E-state index >= 15 is 0 Å². The van der Waals surface area contributed by atoms with Crippen LogP contribution in [0.4, 0.5) is 0 Å². The number of nitrogens with two attached hydrogens (primary N) is 1. The molecule has 0 saturated carbocycles. The molecule has 6 heteroatoms. The van der Waals surface area contributed by atoms with E-state index in [1.807, 2.05) is 150 Å². The first kappa shape index (κ1) is 51.4. The molecule has 3 aliphatic rings. The summed E-state index contributed by atoms with van der Waals surface area (Å²) in [4.78, 5) is 34.3. The average Bonchev–Trinajstić information content (AvgIpc) is 3.92. The van der Waals surface area contributed by atoms with Gasteiger partial charge in [-0.25, -0.2) is 0 Å². The van der Waals surface area contributed by atoms with Crippen LogP contribution in [-0.2, 0) is 25.8 Å². The minimum absolute atomic E-state index is 0.197. The molecule has 2 amide bonds. The Labute approximate surface area is 391 Å². The molecule has 342 valence electrons. The molecule has 2 N–H and O–H groups in total. The summed E-state index contributed by atoms with van der Waals surface area (Å²) in [5.41, 5.74) is 11.8. The zero-order valence-corrected chi connectivity index (χ0v) is 40.9. The Kier molecular flexibility index (Phi) is 19.1. The molecule has 0 aliphatic carbocycles. The van der Waals surface area contributed by atoms with Crippen LogP contribution in [0.25, 0.3) is 0 Å². The summed E-state index contributed by atoms with van der Waals surface area (Å²) in [5.74, 6) is 1.13. The van der Waals surface area contributed by atoms with E-state index < -0.39 is 10.8 Å². The Morgan fingerprint density at radius 3 is 0.785 bits per heavy atom. The number of benzene rings is 6. The van der Waals surface area contributed by atoms with Crippen LogP contribution in [0.1, 0.15) is 115 Å². The number of amides is 2. The van der Waals surface area contributed by atoms with Gasteiger partial charge in [0.15, 0.2) is 0 Å². The third kappa shape index (κ3) is 10.5. The number of hydrogen-bond acceptors (Lipinski definition) is 4. The number of rotatable bonds is 6. The summed E-state index contributed by atoms with van der Waals surface area (Å²) in [5, 5.41) is 0. The Bertz CT molecular complexity index is 2100. The van der Waals surface area contributed by atoms with Crippen LogP contribution in [0.5, 0.6) is 0 Å². The Morgan fingerprint density at radius 2 is 0.615 bits per heavy atom. The Hall–Kier alpha value is -6.27. The summed E-state index contributed by atoms with van der Waals surface area (Å²) < 4.78 is 0. The number of likely N-dealkylation sites (N-methyl/N-ethyl adjacent to an activating group) is 2. The summed E-state index contributed by atoms with van der Waals surface area (Å²) in [6.45, 7) is 18.4. The number of carbonyl (C=O) groups is 2. The van der Waals surface area contributed by atoms with E-state index in [0.717, 1.165) is 47.4 Å². The third-order valence-corrected chi connectivity index (χ3v) is 12.9. The molecule has 3 atom stereocenters. The van der Waals surface area contributed by atoms with Crippen molar-refractivity contribution in [2.75, 3.05) is 14.1 Å².